The molecular formula is C9H10O3. The summed E-state index contributed by atoms with van der Waals surface area (Å²) in [5.74, 6) is -0.724. The van der Waals surface area contributed by atoms with E-state index < -0.39 is 5.97 Å². The first-order chi connectivity index (χ1) is 5.65. The molecule has 0 aliphatic carbocycles. The Bertz CT molecular complexity index is 305. The minimum absolute atomic E-state index is 0.362. The van der Waals surface area contributed by atoms with Crippen LogP contribution >= 0.6 is 0 Å². The van der Waals surface area contributed by atoms with Crippen molar-refractivity contribution in [3.63, 3.8) is 0 Å². The Morgan fingerprint density at radius 2 is 2.00 bits per heavy atom. The fraction of sp³-hybridized carbons (Fsp3) is 0.222. The second-order valence-electron chi connectivity index (χ2n) is 2.68. The molecule has 0 saturated heterocycles. The highest BCUT2D eigenvalue weighted by Gasteiger charge is 2.06. The molecule has 0 fully saturated rings. The van der Waals surface area contributed by atoms with E-state index in [0.29, 0.717) is 5.56 Å². The first kappa shape index (κ1) is 8.74. The van der Waals surface area contributed by atoms with Crippen LogP contribution in [0.5, 0.6) is 0 Å². The Hall–Kier alpha value is -1.35. The van der Waals surface area contributed by atoms with Crippen molar-refractivity contribution in [1.82, 2.24) is 0 Å². The van der Waals surface area contributed by atoms with Gasteiger partial charge in [-0.3, -0.25) is 4.89 Å². The van der Waals surface area contributed by atoms with Crippen molar-refractivity contribution in [2.45, 2.75) is 13.8 Å². The average molecular weight is 166 g/mol. The summed E-state index contributed by atoms with van der Waals surface area (Å²) < 4.78 is 0. The summed E-state index contributed by atoms with van der Waals surface area (Å²) >= 11 is 0. The van der Waals surface area contributed by atoms with Gasteiger partial charge < -0.3 is 0 Å². The maximum Gasteiger partial charge on any atom is 0.372 e. The number of carbonyl (C=O) groups excluding carboxylic acids is 1. The molecule has 1 N–H and O–H groups in total. The van der Waals surface area contributed by atoms with Crippen LogP contribution in [0, 0.1) is 13.8 Å². The zero-order valence-corrected chi connectivity index (χ0v) is 7.00. The van der Waals surface area contributed by atoms with Crippen LogP contribution in [0.1, 0.15) is 21.5 Å². The normalized spacial score (nSPS) is 9.58. The van der Waals surface area contributed by atoms with Crippen molar-refractivity contribution in [1.29, 1.82) is 0 Å². The van der Waals surface area contributed by atoms with Crippen LogP contribution in [0.4, 0.5) is 0 Å². The molecule has 0 amide bonds. The maximum atomic E-state index is 10.8. The third-order valence-electron chi connectivity index (χ3n) is 1.83. The summed E-state index contributed by atoms with van der Waals surface area (Å²) in [4.78, 5) is 14.4. The predicted molar refractivity (Wildman–Crippen MR) is 44.0 cm³/mol. The fourth-order valence-corrected chi connectivity index (χ4v) is 0.921. The smallest absolute Gasteiger partial charge is 0.296 e. The maximum absolute atomic E-state index is 10.8. The van der Waals surface area contributed by atoms with Crippen LogP contribution < -0.4 is 0 Å². The molecule has 0 saturated carbocycles. The van der Waals surface area contributed by atoms with E-state index in [-0.39, 0.29) is 0 Å². The van der Waals surface area contributed by atoms with Crippen molar-refractivity contribution in [3.8, 4) is 0 Å². The first-order valence-corrected chi connectivity index (χ1v) is 3.58. The Morgan fingerprint density at radius 1 is 1.33 bits per heavy atom. The Kier molecular flexibility index (Phi) is 2.45. The van der Waals surface area contributed by atoms with Gasteiger partial charge in [0.1, 0.15) is 0 Å². The highest BCUT2D eigenvalue weighted by molar-refractivity contribution is 5.89. The standard InChI is InChI=1S/C9H10O3/c1-6-3-4-8(5-7(6)2)9(10)12-11/h3-5,11H,1-2H3. The van der Waals surface area contributed by atoms with Gasteiger partial charge in [0.05, 0.1) is 5.56 Å². The molecule has 0 spiro atoms. The second kappa shape index (κ2) is 3.36. The summed E-state index contributed by atoms with van der Waals surface area (Å²) in [6, 6.07) is 5.09. The summed E-state index contributed by atoms with van der Waals surface area (Å²) in [7, 11) is 0. The molecule has 0 aliphatic heterocycles. The fourth-order valence-electron chi connectivity index (χ4n) is 0.921. The molecule has 0 aliphatic rings. The van der Waals surface area contributed by atoms with E-state index in [1.54, 1.807) is 12.1 Å². The van der Waals surface area contributed by atoms with Crippen molar-refractivity contribution in [2.24, 2.45) is 0 Å². The van der Waals surface area contributed by atoms with Crippen LogP contribution in [0.25, 0.3) is 0 Å². The van der Waals surface area contributed by atoms with Crippen LogP contribution in [0.3, 0.4) is 0 Å². The molecule has 0 heterocycles. The van der Waals surface area contributed by atoms with Crippen molar-refractivity contribution in [2.75, 3.05) is 0 Å². The van der Waals surface area contributed by atoms with Gasteiger partial charge in [-0.05, 0) is 37.1 Å². The molecule has 12 heavy (non-hydrogen) atoms. The topological polar surface area (TPSA) is 46.5 Å². The molecule has 0 radical (unpaired) electrons. The number of aryl methyl sites for hydroxylation is 2. The van der Waals surface area contributed by atoms with Gasteiger partial charge in [0.15, 0.2) is 0 Å². The quantitative estimate of drug-likeness (QED) is 0.512. The number of hydrogen-bond donors (Lipinski definition) is 1. The molecule has 1 aromatic carbocycles. The summed E-state index contributed by atoms with van der Waals surface area (Å²) in [5, 5.41) is 8.10. The lowest BCUT2D eigenvalue weighted by atomic mass is 10.1. The Balaban J connectivity index is 3.05. The van der Waals surface area contributed by atoms with Gasteiger partial charge >= 0.3 is 5.97 Å². The third-order valence-corrected chi connectivity index (χ3v) is 1.83. The lowest BCUT2D eigenvalue weighted by molar-refractivity contribution is -0.182. The van der Waals surface area contributed by atoms with Crippen molar-refractivity contribution < 1.29 is 14.9 Å². The van der Waals surface area contributed by atoms with Crippen LogP contribution in [0.2, 0.25) is 0 Å². The van der Waals surface area contributed by atoms with Gasteiger partial charge in [0, 0.05) is 0 Å². The van der Waals surface area contributed by atoms with Crippen LogP contribution in [-0.2, 0) is 4.89 Å². The highest BCUT2D eigenvalue weighted by atomic mass is 17.1. The van der Waals surface area contributed by atoms with E-state index in [1.165, 1.54) is 0 Å². The molecular weight excluding hydrogens is 156 g/mol. The molecule has 0 unspecified atom stereocenters. The molecule has 1 aromatic rings. The number of carbonyl (C=O) groups is 1. The minimum Gasteiger partial charge on any atom is -0.296 e. The van der Waals surface area contributed by atoms with Gasteiger partial charge in [0.2, 0.25) is 0 Å². The SMILES string of the molecule is Cc1ccc(C(=O)OO)cc1C. The van der Waals surface area contributed by atoms with Crippen molar-refractivity contribution in [3.05, 3.63) is 34.9 Å². The molecule has 0 bridgehead atoms. The summed E-state index contributed by atoms with van der Waals surface area (Å²) in [6.45, 7) is 3.84. The first-order valence-electron chi connectivity index (χ1n) is 3.58. The summed E-state index contributed by atoms with van der Waals surface area (Å²) in [5.41, 5.74) is 2.46. The third kappa shape index (κ3) is 1.62. The molecule has 3 nitrogen and oxygen atoms in total. The second-order valence-corrected chi connectivity index (χ2v) is 2.68. The van der Waals surface area contributed by atoms with Gasteiger partial charge in [-0.15, -0.1) is 0 Å². The largest absolute Gasteiger partial charge is 0.372 e. The Morgan fingerprint density at radius 3 is 2.50 bits per heavy atom. The predicted octanol–water partition coefficient (Wildman–Crippen LogP) is 1.93. The molecule has 0 aromatic heterocycles. The monoisotopic (exact) mass is 166 g/mol. The Labute approximate surface area is 70.5 Å². The van der Waals surface area contributed by atoms with Crippen LogP contribution in [0.15, 0.2) is 18.2 Å². The van der Waals surface area contributed by atoms with E-state index in [1.807, 2.05) is 19.9 Å². The average Bonchev–Trinajstić information content (AvgIpc) is 2.08. The highest BCUT2D eigenvalue weighted by Crippen LogP contribution is 2.10. The van der Waals surface area contributed by atoms with Gasteiger partial charge in [0.25, 0.3) is 0 Å². The van der Waals surface area contributed by atoms with E-state index >= 15 is 0 Å². The van der Waals surface area contributed by atoms with E-state index in [0.717, 1.165) is 11.1 Å². The molecule has 64 valence electrons. The molecule has 1 rings (SSSR count). The lowest BCUT2D eigenvalue weighted by Crippen LogP contribution is -2.01. The van der Waals surface area contributed by atoms with Gasteiger partial charge in [-0.1, -0.05) is 6.07 Å². The zero-order valence-electron chi connectivity index (χ0n) is 7.00. The number of hydrogen-bond acceptors (Lipinski definition) is 3. The van der Waals surface area contributed by atoms with E-state index in [9.17, 15) is 4.79 Å². The van der Waals surface area contributed by atoms with E-state index in [4.69, 9.17) is 5.26 Å². The van der Waals surface area contributed by atoms with Crippen molar-refractivity contribution >= 4 is 5.97 Å². The number of benzene rings is 1. The molecule has 0 atom stereocenters. The zero-order chi connectivity index (χ0) is 9.14. The van der Waals surface area contributed by atoms with E-state index in [2.05, 4.69) is 4.89 Å². The van der Waals surface area contributed by atoms with Gasteiger partial charge in [-0.2, -0.15) is 5.26 Å². The minimum atomic E-state index is -0.724. The molecule has 3 heteroatoms. The van der Waals surface area contributed by atoms with Crippen LogP contribution in [-0.4, -0.2) is 11.2 Å². The number of rotatable bonds is 1. The van der Waals surface area contributed by atoms with Gasteiger partial charge in [-0.25, -0.2) is 4.79 Å². The lowest BCUT2D eigenvalue weighted by Gasteiger charge is -2.01. The summed E-state index contributed by atoms with van der Waals surface area (Å²) in [6.07, 6.45) is 0.